The van der Waals surface area contributed by atoms with E-state index in [0.29, 0.717) is 35.8 Å². The molecule has 0 saturated heterocycles. The molecule has 4 heteroatoms. The van der Waals surface area contributed by atoms with Crippen molar-refractivity contribution in [2.75, 3.05) is 0 Å². The Bertz CT molecular complexity index is 802. The highest BCUT2D eigenvalue weighted by atomic mass is 16.2. The van der Waals surface area contributed by atoms with E-state index in [-0.39, 0.29) is 34.6 Å². The van der Waals surface area contributed by atoms with Crippen molar-refractivity contribution >= 4 is 11.7 Å². The molecule has 0 aromatic rings. The SMILES string of the molecule is CC(C)N(C(=O)[C@H]1CC[C@H]2[C@@H]3C=CC4=C(N)C(=O)CC[C@]4(C)[C@H]3CC[C@]12C)C(C)C. The molecule has 4 aliphatic carbocycles. The van der Waals surface area contributed by atoms with Gasteiger partial charge in [-0.25, -0.2) is 0 Å². The van der Waals surface area contributed by atoms with E-state index in [2.05, 4.69) is 58.6 Å². The average Bonchev–Trinajstić information content (AvgIpc) is 3.01. The lowest BCUT2D eigenvalue weighted by Gasteiger charge is -2.56. The zero-order chi connectivity index (χ0) is 22.0. The predicted octanol–water partition coefficient (Wildman–Crippen LogP) is 4.84. The van der Waals surface area contributed by atoms with Crippen molar-refractivity contribution in [1.82, 2.24) is 4.90 Å². The topological polar surface area (TPSA) is 63.4 Å². The van der Waals surface area contributed by atoms with Crippen LogP contribution < -0.4 is 5.73 Å². The van der Waals surface area contributed by atoms with Gasteiger partial charge in [0, 0.05) is 24.4 Å². The summed E-state index contributed by atoms with van der Waals surface area (Å²) < 4.78 is 0. The van der Waals surface area contributed by atoms with Gasteiger partial charge in [0.15, 0.2) is 5.78 Å². The Hall–Kier alpha value is -1.58. The van der Waals surface area contributed by atoms with Gasteiger partial charge in [0.2, 0.25) is 5.91 Å². The molecule has 2 saturated carbocycles. The van der Waals surface area contributed by atoms with Crippen molar-refractivity contribution in [1.29, 1.82) is 0 Å². The molecule has 4 aliphatic rings. The van der Waals surface area contributed by atoms with Gasteiger partial charge in [0.05, 0.1) is 5.70 Å². The average molecular weight is 413 g/mol. The van der Waals surface area contributed by atoms with Gasteiger partial charge in [-0.15, -0.1) is 0 Å². The number of hydrogen-bond acceptors (Lipinski definition) is 3. The van der Waals surface area contributed by atoms with Crippen LogP contribution in [0.3, 0.4) is 0 Å². The Morgan fingerprint density at radius 1 is 1.07 bits per heavy atom. The first kappa shape index (κ1) is 21.6. The predicted molar refractivity (Wildman–Crippen MR) is 120 cm³/mol. The third-order valence-electron chi connectivity index (χ3n) is 9.38. The molecule has 0 aliphatic heterocycles. The smallest absolute Gasteiger partial charge is 0.226 e. The van der Waals surface area contributed by atoms with Crippen LogP contribution >= 0.6 is 0 Å². The number of carbonyl (C=O) groups excluding carboxylic acids is 2. The standard InChI is InChI=1S/C26H40N2O2/c1-15(2)28(16(3)4)24(30)21-10-9-18-17-7-8-20-23(27)22(29)12-14-25(20,5)19(17)11-13-26(18,21)6/h7-8,15-19,21H,9-14,27H2,1-6H3/t17-,18-,19-,21+,25+,26-/m0/s1. The molecular weight excluding hydrogens is 372 g/mol. The first-order valence-electron chi connectivity index (χ1n) is 12.1. The highest BCUT2D eigenvalue weighted by Gasteiger charge is 2.60. The van der Waals surface area contributed by atoms with Gasteiger partial charge in [-0.3, -0.25) is 9.59 Å². The van der Waals surface area contributed by atoms with E-state index < -0.39 is 0 Å². The van der Waals surface area contributed by atoms with Gasteiger partial charge in [0.25, 0.3) is 0 Å². The third kappa shape index (κ3) is 2.92. The summed E-state index contributed by atoms with van der Waals surface area (Å²) in [6.07, 6.45) is 10.4. The van der Waals surface area contributed by atoms with Crippen LogP contribution in [-0.2, 0) is 9.59 Å². The number of allylic oxidation sites excluding steroid dienone is 4. The molecule has 0 spiro atoms. The van der Waals surface area contributed by atoms with Crippen LogP contribution in [0.5, 0.6) is 0 Å². The first-order chi connectivity index (χ1) is 14.0. The van der Waals surface area contributed by atoms with Gasteiger partial charge in [-0.2, -0.15) is 0 Å². The number of nitrogens with two attached hydrogens (primary N) is 1. The number of fused-ring (bicyclic) bond motifs is 5. The number of amides is 1. The summed E-state index contributed by atoms with van der Waals surface area (Å²) in [7, 11) is 0. The van der Waals surface area contributed by atoms with Crippen molar-refractivity contribution in [3.63, 3.8) is 0 Å². The Balaban J connectivity index is 1.66. The van der Waals surface area contributed by atoms with E-state index in [0.717, 1.165) is 37.7 Å². The second kappa shape index (κ2) is 7.24. The lowest BCUT2D eigenvalue weighted by atomic mass is 9.48. The molecule has 0 unspecified atom stereocenters. The zero-order valence-electron chi connectivity index (χ0n) is 19.7. The molecule has 0 aromatic heterocycles. The maximum Gasteiger partial charge on any atom is 0.226 e. The summed E-state index contributed by atoms with van der Waals surface area (Å²) in [5.74, 6) is 2.16. The van der Waals surface area contributed by atoms with E-state index in [1.165, 1.54) is 0 Å². The summed E-state index contributed by atoms with van der Waals surface area (Å²) >= 11 is 0. The molecule has 0 radical (unpaired) electrons. The summed E-state index contributed by atoms with van der Waals surface area (Å²) in [6.45, 7) is 13.3. The van der Waals surface area contributed by atoms with Crippen molar-refractivity contribution in [2.24, 2.45) is 40.2 Å². The fraction of sp³-hybridized carbons (Fsp3) is 0.769. The van der Waals surface area contributed by atoms with Crippen LogP contribution in [0.2, 0.25) is 0 Å². The second-order valence-electron chi connectivity index (χ2n) is 11.4. The maximum absolute atomic E-state index is 13.7. The summed E-state index contributed by atoms with van der Waals surface area (Å²) in [6, 6.07) is 0.473. The van der Waals surface area contributed by atoms with Crippen LogP contribution in [0.1, 0.15) is 80.1 Å². The van der Waals surface area contributed by atoms with Crippen LogP contribution in [0.15, 0.2) is 23.4 Å². The molecule has 2 fully saturated rings. The first-order valence-corrected chi connectivity index (χ1v) is 12.1. The fourth-order valence-electron chi connectivity index (χ4n) is 7.87. The maximum atomic E-state index is 13.7. The normalized spacial score (nSPS) is 40.5. The Kier molecular flexibility index (Phi) is 5.22. The van der Waals surface area contributed by atoms with Gasteiger partial charge in [-0.1, -0.05) is 26.0 Å². The lowest BCUT2D eigenvalue weighted by Crippen LogP contribution is -2.53. The molecular formula is C26H40N2O2. The molecule has 30 heavy (non-hydrogen) atoms. The minimum atomic E-state index is 0.00271. The van der Waals surface area contributed by atoms with Gasteiger partial charge >= 0.3 is 0 Å². The van der Waals surface area contributed by atoms with E-state index in [1.807, 2.05) is 0 Å². The molecule has 0 heterocycles. The fourth-order valence-corrected chi connectivity index (χ4v) is 7.87. The number of Topliss-reactive ketones (excluding diaryl/α,β-unsaturated/α-hetero) is 1. The van der Waals surface area contributed by atoms with Crippen molar-refractivity contribution in [3.05, 3.63) is 23.4 Å². The van der Waals surface area contributed by atoms with E-state index >= 15 is 0 Å². The van der Waals surface area contributed by atoms with Crippen molar-refractivity contribution in [2.45, 2.75) is 92.2 Å². The highest BCUT2D eigenvalue weighted by Crippen LogP contribution is 2.65. The second-order valence-corrected chi connectivity index (χ2v) is 11.4. The third-order valence-corrected chi connectivity index (χ3v) is 9.38. The minimum absolute atomic E-state index is 0.00271. The van der Waals surface area contributed by atoms with E-state index in [1.54, 1.807) is 0 Å². The summed E-state index contributed by atoms with van der Waals surface area (Å²) in [4.78, 5) is 28.0. The van der Waals surface area contributed by atoms with E-state index in [9.17, 15) is 9.59 Å². The molecule has 1 amide bonds. The minimum Gasteiger partial charge on any atom is -0.396 e. The van der Waals surface area contributed by atoms with Crippen LogP contribution in [0.25, 0.3) is 0 Å². The summed E-state index contributed by atoms with van der Waals surface area (Å²) in [5, 5.41) is 0. The largest absolute Gasteiger partial charge is 0.396 e. The molecule has 0 aromatic carbocycles. The zero-order valence-corrected chi connectivity index (χ0v) is 19.7. The molecule has 4 rings (SSSR count). The lowest BCUT2D eigenvalue weighted by molar-refractivity contribution is -0.145. The van der Waals surface area contributed by atoms with Crippen LogP contribution in [0, 0.1) is 34.5 Å². The highest BCUT2D eigenvalue weighted by molar-refractivity contribution is 5.97. The van der Waals surface area contributed by atoms with Crippen LogP contribution in [0.4, 0.5) is 0 Å². The number of carbonyl (C=O) groups is 2. The molecule has 2 N–H and O–H groups in total. The van der Waals surface area contributed by atoms with Crippen molar-refractivity contribution < 1.29 is 9.59 Å². The van der Waals surface area contributed by atoms with Gasteiger partial charge in [-0.05, 0) is 94.0 Å². The van der Waals surface area contributed by atoms with Gasteiger partial charge in [0.1, 0.15) is 0 Å². The Morgan fingerprint density at radius 2 is 1.73 bits per heavy atom. The monoisotopic (exact) mass is 412 g/mol. The Labute approximate surface area is 182 Å². The van der Waals surface area contributed by atoms with E-state index in [4.69, 9.17) is 5.73 Å². The molecule has 6 atom stereocenters. The Morgan fingerprint density at radius 3 is 2.37 bits per heavy atom. The number of nitrogens with zero attached hydrogens (tertiary/aromatic N) is 1. The summed E-state index contributed by atoms with van der Waals surface area (Å²) in [5.41, 5.74) is 7.90. The quantitative estimate of drug-likeness (QED) is 0.721. The number of ketones is 1. The number of rotatable bonds is 3. The molecule has 166 valence electrons. The van der Waals surface area contributed by atoms with Crippen molar-refractivity contribution in [3.8, 4) is 0 Å². The molecule has 0 bridgehead atoms. The van der Waals surface area contributed by atoms with Gasteiger partial charge < -0.3 is 10.6 Å². The number of hydrogen-bond donors (Lipinski definition) is 1. The van der Waals surface area contributed by atoms with Crippen LogP contribution in [-0.4, -0.2) is 28.7 Å². The molecule has 4 nitrogen and oxygen atoms in total.